The molecule has 1 N–H and O–H groups in total. The van der Waals surface area contributed by atoms with Gasteiger partial charge >= 0.3 is 0 Å². The quantitative estimate of drug-likeness (QED) is 0.115. The first-order valence-electron chi connectivity index (χ1n) is 19.5. The van der Waals surface area contributed by atoms with Crippen LogP contribution in [-0.2, 0) is 13.0 Å². The molecule has 0 fully saturated rings. The van der Waals surface area contributed by atoms with Crippen LogP contribution in [0.3, 0.4) is 0 Å². The third-order valence-corrected chi connectivity index (χ3v) is 9.33. The van der Waals surface area contributed by atoms with Gasteiger partial charge in [-0.25, -0.2) is 0 Å². The Morgan fingerprint density at radius 2 is 1.18 bits per heavy atom. The topological polar surface area (TPSA) is 128 Å². The highest BCUT2D eigenvalue weighted by atomic mass is 16.3. The van der Waals surface area contributed by atoms with Crippen LogP contribution in [0.5, 0.6) is 5.88 Å². The van der Waals surface area contributed by atoms with Gasteiger partial charge in [-0.15, -0.1) is 10.2 Å². The van der Waals surface area contributed by atoms with Crippen molar-refractivity contribution in [1.29, 1.82) is 0 Å². The largest absolute Gasteiger partial charge is 0.493 e. The van der Waals surface area contributed by atoms with Crippen molar-refractivity contribution in [3.63, 3.8) is 0 Å². The molecule has 0 spiro atoms. The van der Waals surface area contributed by atoms with Crippen molar-refractivity contribution in [2.75, 3.05) is 39.3 Å². The highest BCUT2D eigenvalue weighted by molar-refractivity contribution is 6.02. The van der Waals surface area contributed by atoms with E-state index in [2.05, 4.69) is 31.0 Å². The van der Waals surface area contributed by atoms with E-state index in [1.165, 1.54) is 4.57 Å². The Hall–Kier alpha value is -4.02. The number of rotatable bonds is 23. The van der Waals surface area contributed by atoms with Crippen LogP contribution in [-0.4, -0.2) is 81.4 Å². The van der Waals surface area contributed by atoms with E-state index in [4.69, 9.17) is 0 Å². The van der Waals surface area contributed by atoms with Crippen molar-refractivity contribution in [2.24, 2.45) is 10.2 Å². The van der Waals surface area contributed by atoms with E-state index in [0.29, 0.717) is 69.7 Å². The molecule has 0 bridgehead atoms. The molecule has 2 rings (SSSR count). The number of aromatic nitrogens is 1. The van der Waals surface area contributed by atoms with Crippen molar-refractivity contribution in [2.45, 2.75) is 133 Å². The smallest absolute Gasteiger partial charge is 0.266 e. The Bertz CT molecular complexity index is 1520. The summed E-state index contributed by atoms with van der Waals surface area (Å²) in [7, 11) is 0. The lowest BCUT2D eigenvalue weighted by atomic mass is 10.00. The van der Waals surface area contributed by atoms with Gasteiger partial charge in [-0.2, -0.15) is 0 Å². The average Bonchev–Trinajstić information content (AvgIpc) is 3.14. The molecule has 2 aromatic rings. The number of amides is 3. The lowest BCUT2D eigenvalue weighted by molar-refractivity contribution is 0.0750. The van der Waals surface area contributed by atoms with Crippen LogP contribution < -0.4 is 5.56 Å². The molecule has 0 aliphatic carbocycles. The number of benzene rings is 1. The molecule has 11 heteroatoms. The van der Waals surface area contributed by atoms with Crippen LogP contribution >= 0.6 is 0 Å². The standard InChI is InChI=1S/C40H64N6O5/c1-9-17-22-32-34(38(49)45(16-8)27-20-12-4)39(50)46(28-21-13-5)40(51)35(32)42-41-33-29-30(36(47)43(14-6)25-18-10-2)23-24-31(33)37(48)44(15-7)26-19-11-3/h23-24,29,51H,9-22,25-28H2,1-8H3/b42-41+. The molecule has 0 unspecified atom stereocenters. The minimum Gasteiger partial charge on any atom is -0.493 e. The zero-order valence-corrected chi connectivity index (χ0v) is 32.7. The van der Waals surface area contributed by atoms with Gasteiger partial charge in [0, 0.05) is 56.9 Å². The van der Waals surface area contributed by atoms with Gasteiger partial charge in [-0.1, -0.05) is 66.7 Å². The highest BCUT2D eigenvalue weighted by Crippen LogP contribution is 2.36. The molecule has 1 heterocycles. The molecule has 284 valence electrons. The summed E-state index contributed by atoms with van der Waals surface area (Å²) >= 11 is 0. The first kappa shape index (κ1) is 43.1. The molecule has 0 atom stereocenters. The minimum absolute atomic E-state index is 0.00993. The number of pyridine rings is 1. The molecule has 1 aromatic heterocycles. The third-order valence-electron chi connectivity index (χ3n) is 9.33. The first-order chi connectivity index (χ1) is 24.6. The summed E-state index contributed by atoms with van der Waals surface area (Å²) < 4.78 is 1.23. The molecule has 0 saturated carbocycles. The van der Waals surface area contributed by atoms with Crippen LogP contribution in [0, 0.1) is 0 Å². The Morgan fingerprint density at radius 3 is 1.69 bits per heavy atom. The number of aromatic hydroxyl groups is 1. The maximum Gasteiger partial charge on any atom is 0.266 e. The maximum atomic E-state index is 14.1. The Balaban J connectivity index is 2.95. The van der Waals surface area contributed by atoms with E-state index >= 15 is 0 Å². The molecule has 3 amide bonds. The lowest BCUT2D eigenvalue weighted by Gasteiger charge is -2.24. The van der Waals surface area contributed by atoms with E-state index in [1.54, 1.807) is 32.9 Å². The van der Waals surface area contributed by atoms with Gasteiger partial charge in [0.15, 0.2) is 0 Å². The summed E-state index contributed by atoms with van der Waals surface area (Å²) in [6, 6.07) is 4.89. The van der Waals surface area contributed by atoms with Crippen LogP contribution in [0.1, 0.15) is 156 Å². The fourth-order valence-corrected chi connectivity index (χ4v) is 5.99. The summed E-state index contributed by atoms with van der Waals surface area (Å²) in [6.45, 7) is 19.3. The van der Waals surface area contributed by atoms with Gasteiger partial charge in [0.1, 0.15) is 11.3 Å². The number of hydrogen-bond donors (Lipinski definition) is 1. The van der Waals surface area contributed by atoms with Gasteiger partial charge in [-0.3, -0.25) is 23.7 Å². The van der Waals surface area contributed by atoms with Crippen LogP contribution in [0.15, 0.2) is 33.2 Å². The SMILES string of the molecule is CCCCc1c(/N=N/c2cc(C(=O)N(CC)CCCC)ccc2C(=O)N(CC)CCCC)c(O)n(CCCC)c(=O)c1C(=O)N(CC)CCCC. The monoisotopic (exact) mass is 708 g/mol. The number of carbonyl (C=O) groups is 3. The number of hydrogen-bond acceptors (Lipinski definition) is 7. The van der Waals surface area contributed by atoms with Gasteiger partial charge in [0.05, 0.1) is 11.3 Å². The summed E-state index contributed by atoms with van der Waals surface area (Å²) in [4.78, 5) is 61.0. The van der Waals surface area contributed by atoms with Crippen LogP contribution in [0.4, 0.5) is 11.4 Å². The third kappa shape index (κ3) is 11.5. The highest BCUT2D eigenvalue weighted by Gasteiger charge is 2.29. The Morgan fingerprint density at radius 1 is 0.667 bits per heavy atom. The van der Waals surface area contributed by atoms with Crippen molar-refractivity contribution in [3.05, 3.63) is 50.8 Å². The van der Waals surface area contributed by atoms with Gasteiger partial charge in [-0.05, 0) is 77.5 Å². The second kappa shape index (κ2) is 22.7. The molecule has 0 aliphatic heterocycles. The number of unbranched alkanes of at least 4 members (excludes halogenated alkanes) is 5. The van der Waals surface area contributed by atoms with E-state index in [0.717, 1.165) is 51.4 Å². The van der Waals surface area contributed by atoms with Gasteiger partial charge in [0.2, 0.25) is 5.88 Å². The summed E-state index contributed by atoms with van der Waals surface area (Å²) in [5, 5.41) is 20.8. The fourth-order valence-electron chi connectivity index (χ4n) is 5.99. The van der Waals surface area contributed by atoms with Gasteiger partial charge in [0.25, 0.3) is 23.3 Å². The predicted molar refractivity (Wildman–Crippen MR) is 206 cm³/mol. The van der Waals surface area contributed by atoms with Crippen LogP contribution in [0.25, 0.3) is 0 Å². The summed E-state index contributed by atoms with van der Waals surface area (Å²) in [6.07, 6.45) is 8.44. The normalized spacial score (nSPS) is 11.3. The zero-order chi connectivity index (χ0) is 37.9. The van der Waals surface area contributed by atoms with Crippen molar-refractivity contribution in [1.82, 2.24) is 19.3 Å². The molecule has 0 radical (unpaired) electrons. The van der Waals surface area contributed by atoms with Crippen molar-refractivity contribution >= 4 is 29.1 Å². The minimum atomic E-state index is -0.532. The van der Waals surface area contributed by atoms with E-state index in [9.17, 15) is 24.3 Å². The summed E-state index contributed by atoms with van der Waals surface area (Å²) in [5.74, 6) is -1.13. The second-order valence-corrected chi connectivity index (χ2v) is 13.1. The van der Waals surface area contributed by atoms with E-state index < -0.39 is 5.56 Å². The summed E-state index contributed by atoms with van der Waals surface area (Å²) in [5.41, 5.74) is 0.721. The number of carbonyl (C=O) groups excluding carboxylic acids is 3. The van der Waals surface area contributed by atoms with Crippen LogP contribution in [0.2, 0.25) is 0 Å². The molecular weight excluding hydrogens is 644 g/mol. The molecule has 1 aromatic carbocycles. The predicted octanol–water partition coefficient (Wildman–Crippen LogP) is 8.90. The molecule has 0 saturated heterocycles. The van der Waals surface area contributed by atoms with Gasteiger partial charge < -0.3 is 19.8 Å². The molecule has 51 heavy (non-hydrogen) atoms. The molecule has 11 nitrogen and oxygen atoms in total. The molecular formula is C40H64N6O5. The zero-order valence-electron chi connectivity index (χ0n) is 32.7. The average molecular weight is 709 g/mol. The Labute approximate surface area is 306 Å². The number of nitrogens with zero attached hydrogens (tertiary/aromatic N) is 6. The Kier molecular flexibility index (Phi) is 19.2. The maximum absolute atomic E-state index is 14.1. The van der Waals surface area contributed by atoms with E-state index in [-0.39, 0.29) is 52.6 Å². The second-order valence-electron chi connectivity index (χ2n) is 13.1. The lowest BCUT2D eigenvalue weighted by Crippen LogP contribution is -2.38. The number of azo groups is 1. The van der Waals surface area contributed by atoms with Crippen molar-refractivity contribution < 1.29 is 19.5 Å². The van der Waals surface area contributed by atoms with E-state index in [1.807, 2.05) is 34.6 Å². The molecule has 0 aliphatic rings. The fraction of sp³-hybridized carbons (Fsp3) is 0.650. The first-order valence-corrected chi connectivity index (χ1v) is 19.5. The van der Waals surface area contributed by atoms with Crippen molar-refractivity contribution in [3.8, 4) is 5.88 Å².